The Morgan fingerprint density at radius 2 is 1.90 bits per heavy atom. The van der Waals surface area contributed by atoms with E-state index in [-0.39, 0.29) is 11.4 Å². The molecule has 0 aliphatic carbocycles. The summed E-state index contributed by atoms with van der Waals surface area (Å²) in [5.74, 6) is -1.76. The zero-order valence-electron chi connectivity index (χ0n) is 13.2. The molecular weight excluding hydrogens is 274 g/mol. The smallest absolute Gasteiger partial charge is 0.224 e. The van der Waals surface area contributed by atoms with E-state index in [2.05, 4.69) is 5.32 Å². The Balaban J connectivity index is 2.57. The molecule has 1 amide bonds. The third-order valence-corrected chi connectivity index (χ3v) is 3.09. The second kappa shape index (κ2) is 7.50. The number of carbonyl (C=O) groups is 1. The van der Waals surface area contributed by atoms with Crippen LogP contribution in [0, 0.1) is 11.6 Å². The molecule has 0 saturated carbocycles. The fourth-order valence-corrected chi connectivity index (χ4v) is 1.94. The van der Waals surface area contributed by atoms with E-state index < -0.39 is 11.6 Å². The van der Waals surface area contributed by atoms with E-state index >= 15 is 0 Å². The number of rotatable bonds is 6. The largest absolute Gasteiger partial charge is 0.339 e. The van der Waals surface area contributed by atoms with E-state index in [1.807, 2.05) is 27.7 Å². The van der Waals surface area contributed by atoms with Crippen molar-refractivity contribution in [3.8, 4) is 0 Å². The van der Waals surface area contributed by atoms with E-state index in [1.54, 1.807) is 4.90 Å². The van der Waals surface area contributed by atoms with Gasteiger partial charge in [-0.05, 0) is 45.4 Å². The van der Waals surface area contributed by atoms with E-state index in [0.717, 1.165) is 12.1 Å². The molecule has 0 radical (unpaired) electrons. The molecule has 1 rings (SSSR count). The standard InChI is InChI=1S/C16H24F2N2O/c1-5-20(15(21)8-9-19-16(2,3)4)11-12-6-7-13(17)14(18)10-12/h6-7,10,19H,5,8-9,11H2,1-4H3. The van der Waals surface area contributed by atoms with E-state index in [4.69, 9.17) is 0 Å². The third kappa shape index (κ3) is 6.21. The van der Waals surface area contributed by atoms with Gasteiger partial charge in [-0.3, -0.25) is 4.79 Å². The van der Waals surface area contributed by atoms with Crippen LogP contribution in [0.2, 0.25) is 0 Å². The molecule has 1 N–H and O–H groups in total. The van der Waals surface area contributed by atoms with Crippen molar-refractivity contribution in [3.63, 3.8) is 0 Å². The zero-order valence-corrected chi connectivity index (χ0v) is 13.2. The highest BCUT2D eigenvalue weighted by Gasteiger charge is 2.15. The fourth-order valence-electron chi connectivity index (χ4n) is 1.94. The van der Waals surface area contributed by atoms with Crippen molar-refractivity contribution in [3.05, 3.63) is 35.4 Å². The Morgan fingerprint density at radius 1 is 1.24 bits per heavy atom. The van der Waals surface area contributed by atoms with Crippen LogP contribution in [0.1, 0.15) is 39.7 Å². The number of amides is 1. The first-order valence-corrected chi connectivity index (χ1v) is 7.19. The molecule has 0 bridgehead atoms. The lowest BCUT2D eigenvalue weighted by atomic mass is 10.1. The molecule has 0 aliphatic heterocycles. The van der Waals surface area contributed by atoms with Gasteiger partial charge in [0.15, 0.2) is 11.6 Å². The predicted octanol–water partition coefficient (Wildman–Crippen LogP) is 3.09. The summed E-state index contributed by atoms with van der Waals surface area (Å²) in [6.07, 6.45) is 0.384. The maximum Gasteiger partial charge on any atom is 0.224 e. The Morgan fingerprint density at radius 3 is 2.43 bits per heavy atom. The molecule has 0 saturated heterocycles. The molecule has 0 unspecified atom stereocenters. The minimum Gasteiger partial charge on any atom is -0.339 e. The molecule has 0 aromatic heterocycles. The summed E-state index contributed by atoms with van der Waals surface area (Å²) in [5, 5.41) is 3.26. The molecule has 21 heavy (non-hydrogen) atoms. The number of nitrogens with zero attached hydrogens (tertiary/aromatic N) is 1. The molecule has 1 aromatic carbocycles. The first-order chi connectivity index (χ1) is 9.73. The normalized spacial score (nSPS) is 11.5. The van der Waals surface area contributed by atoms with Gasteiger partial charge in [0, 0.05) is 31.6 Å². The summed E-state index contributed by atoms with van der Waals surface area (Å²) in [6.45, 7) is 9.41. The first-order valence-electron chi connectivity index (χ1n) is 7.19. The lowest BCUT2D eigenvalue weighted by Gasteiger charge is -2.24. The molecule has 0 heterocycles. The third-order valence-electron chi connectivity index (χ3n) is 3.09. The van der Waals surface area contributed by atoms with Crippen LogP contribution in [0.25, 0.3) is 0 Å². The van der Waals surface area contributed by atoms with Gasteiger partial charge in [0.1, 0.15) is 0 Å². The lowest BCUT2D eigenvalue weighted by molar-refractivity contribution is -0.131. The van der Waals surface area contributed by atoms with Crippen LogP contribution < -0.4 is 5.32 Å². The minimum atomic E-state index is -0.884. The number of halogens is 2. The zero-order chi connectivity index (χ0) is 16.0. The highest BCUT2D eigenvalue weighted by atomic mass is 19.2. The van der Waals surface area contributed by atoms with Gasteiger partial charge in [-0.1, -0.05) is 6.07 Å². The van der Waals surface area contributed by atoms with Crippen LogP contribution in [0.4, 0.5) is 8.78 Å². The maximum absolute atomic E-state index is 13.2. The molecule has 118 valence electrons. The van der Waals surface area contributed by atoms with Gasteiger partial charge in [0.2, 0.25) is 5.91 Å². The Bertz CT molecular complexity index is 484. The number of benzene rings is 1. The average molecular weight is 298 g/mol. The number of nitrogens with one attached hydrogen (secondary N) is 1. The van der Waals surface area contributed by atoms with Crippen LogP contribution in [-0.4, -0.2) is 29.4 Å². The fraction of sp³-hybridized carbons (Fsp3) is 0.562. The van der Waals surface area contributed by atoms with Crippen LogP contribution in [0.3, 0.4) is 0 Å². The summed E-state index contributed by atoms with van der Waals surface area (Å²) in [6, 6.07) is 3.73. The van der Waals surface area contributed by atoms with Crippen molar-refractivity contribution in [2.75, 3.05) is 13.1 Å². The molecule has 0 atom stereocenters. The predicted molar refractivity (Wildman–Crippen MR) is 79.8 cm³/mol. The Kier molecular flexibility index (Phi) is 6.27. The van der Waals surface area contributed by atoms with Crippen LogP contribution in [0.15, 0.2) is 18.2 Å². The van der Waals surface area contributed by atoms with Gasteiger partial charge in [-0.15, -0.1) is 0 Å². The molecule has 0 fully saturated rings. The van der Waals surface area contributed by atoms with Crippen LogP contribution in [0.5, 0.6) is 0 Å². The van der Waals surface area contributed by atoms with Crippen molar-refractivity contribution in [2.24, 2.45) is 0 Å². The second-order valence-corrected chi connectivity index (χ2v) is 6.08. The summed E-state index contributed by atoms with van der Waals surface area (Å²) >= 11 is 0. The summed E-state index contributed by atoms with van der Waals surface area (Å²) < 4.78 is 26.1. The molecule has 0 spiro atoms. The quantitative estimate of drug-likeness (QED) is 0.875. The number of hydrogen-bond acceptors (Lipinski definition) is 2. The van der Waals surface area contributed by atoms with Gasteiger partial charge in [0.05, 0.1) is 0 Å². The van der Waals surface area contributed by atoms with E-state index in [1.165, 1.54) is 6.07 Å². The number of carbonyl (C=O) groups excluding carboxylic acids is 1. The molecular formula is C16H24F2N2O. The molecule has 0 aliphatic rings. The highest BCUT2D eigenvalue weighted by Crippen LogP contribution is 2.11. The summed E-state index contributed by atoms with van der Waals surface area (Å²) in [7, 11) is 0. The summed E-state index contributed by atoms with van der Waals surface area (Å²) in [4.78, 5) is 13.8. The molecule has 1 aromatic rings. The van der Waals surface area contributed by atoms with Gasteiger partial charge in [-0.25, -0.2) is 8.78 Å². The lowest BCUT2D eigenvalue weighted by Crippen LogP contribution is -2.39. The van der Waals surface area contributed by atoms with Crippen molar-refractivity contribution < 1.29 is 13.6 Å². The van der Waals surface area contributed by atoms with Crippen molar-refractivity contribution >= 4 is 5.91 Å². The molecule has 5 heteroatoms. The SMILES string of the molecule is CCN(Cc1ccc(F)c(F)c1)C(=O)CCNC(C)(C)C. The Labute approximate surface area is 125 Å². The first kappa shape index (κ1) is 17.6. The van der Waals surface area contributed by atoms with E-state index in [9.17, 15) is 13.6 Å². The van der Waals surface area contributed by atoms with Gasteiger partial charge < -0.3 is 10.2 Å². The highest BCUT2D eigenvalue weighted by molar-refractivity contribution is 5.76. The minimum absolute atomic E-state index is 0.000942. The van der Waals surface area contributed by atoms with Crippen molar-refractivity contribution in [2.45, 2.75) is 46.2 Å². The molecule has 3 nitrogen and oxygen atoms in total. The Hall–Kier alpha value is -1.49. The second-order valence-electron chi connectivity index (χ2n) is 6.08. The van der Waals surface area contributed by atoms with Crippen molar-refractivity contribution in [1.29, 1.82) is 0 Å². The van der Waals surface area contributed by atoms with Gasteiger partial charge >= 0.3 is 0 Å². The monoisotopic (exact) mass is 298 g/mol. The summed E-state index contributed by atoms with van der Waals surface area (Å²) in [5.41, 5.74) is 0.560. The average Bonchev–Trinajstić information content (AvgIpc) is 2.38. The van der Waals surface area contributed by atoms with Gasteiger partial charge in [0.25, 0.3) is 0 Å². The topological polar surface area (TPSA) is 32.3 Å². The number of hydrogen-bond donors (Lipinski definition) is 1. The maximum atomic E-state index is 13.2. The van der Waals surface area contributed by atoms with Gasteiger partial charge in [-0.2, -0.15) is 0 Å². The van der Waals surface area contributed by atoms with E-state index in [0.29, 0.717) is 31.6 Å². The van der Waals surface area contributed by atoms with Crippen molar-refractivity contribution in [1.82, 2.24) is 10.2 Å². The van der Waals surface area contributed by atoms with Crippen LogP contribution in [-0.2, 0) is 11.3 Å². The van der Waals surface area contributed by atoms with Crippen LogP contribution >= 0.6 is 0 Å².